The minimum Gasteiger partial charge on any atom is -0.349 e. The van der Waals surface area contributed by atoms with Crippen LogP contribution >= 0.6 is 11.3 Å². The van der Waals surface area contributed by atoms with E-state index < -0.39 is 0 Å². The lowest BCUT2D eigenvalue weighted by molar-refractivity contribution is 0.0927. The summed E-state index contributed by atoms with van der Waals surface area (Å²) in [5.41, 5.74) is 3.69. The highest BCUT2D eigenvalue weighted by Crippen LogP contribution is 2.37. The Morgan fingerprint density at radius 2 is 1.89 bits per heavy atom. The fourth-order valence-electron chi connectivity index (χ4n) is 3.68. The summed E-state index contributed by atoms with van der Waals surface area (Å²) in [5.74, 6) is 0.00182. The Bertz CT molecular complexity index is 921. The number of aromatic nitrogens is 2. The molecule has 1 aliphatic rings. The number of hydrogen-bond donors (Lipinski definition) is 1. The van der Waals surface area contributed by atoms with E-state index in [0.717, 1.165) is 34.9 Å². The molecule has 6 heteroatoms. The first-order valence-corrected chi connectivity index (χ1v) is 10.6. The number of rotatable bonds is 5. The molecule has 144 valence electrons. The second-order valence-electron chi connectivity index (χ2n) is 7.17. The summed E-state index contributed by atoms with van der Waals surface area (Å²) in [4.78, 5) is 23.6. The number of nitrogens with zero attached hydrogens (tertiary/aromatic N) is 3. The standard InChI is InChI=1S/C22H24N4OS/c1-16-7-8-17(21(27)25-18-5-3-2-4-6-18)15-20(16)26(22-24-13-14-28-22)19-9-11-23-12-10-19/h7-15,18H,2-6H2,1H3,(H,25,27). The number of carbonyl (C=O) groups excluding carboxylic acids is 1. The predicted octanol–water partition coefficient (Wildman–Crippen LogP) is 5.38. The highest BCUT2D eigenvalue weighted by atomic mass is 32.1. The van der Waals surface area contributed by atoms with Crippen molar-refractivity contribution in [1.82, 2.24) is 15.3 Å². The van der Waals surface area contributed by atoms with Crippen LogP contribution in [0, 0.1) is 6.92 Å². The Morgan fingerprint density at radius 3 is 2.61 bits per heavy atom. The smallest absolute Gasteiger partial charge is 0.251 e. The summed E-state index contributed by atoms with van der Waals surface area (Å²) in [6.07, 6.45) is 11.2. The van der Waals surface area contributed by atoms with Crippen molar-refractivity contribution in [2.24, 2.45) is 0 Å². The lowest BCUT2D eigenvalue weighted by Crippen LogP contribution is -2.36. The number of pyridine rings is 1. The van der Waals surface area contributed by atoms with E-state index in [1.54, 1.807) is 29.9 Å². The third-order valence-electron chi connectivity index (χ3n) is 5.18. The fourth-order valence-corrected chi connectivity index (χ4v) is 4.35. The molecule has 1 aromatic carbocycles. The van der Waals surface area contributed by atoms with Gasteiger partial charge in [0.25, 0.3) is 5.91 Å². The summed E-state index contributed by atoms with van der Waals surface area (Å²) < 4.78 is 0. The van der Waals surface area contributed by atoms with Crippen molar-refractivity contribution >= 4 is 33.8 Å². The molecule has 1 N–H and O–H groups in total. The third-order valence-corrected chi connectivity index (χ3v) is 5.94. The van der Waals surface area contributed by atoms with E-state index in [4.69, 9.17) is 0 Å². The summed E-state index contributed by atoms with van der Waals surface area (Å²) in [7, 11) is 0. The number of benzene rings is 1. The number of amides is 1. The lowest BCUT2D eigenvalue weighted by atomic mass is 9.95. The van der Waals surface area contributed by atoms with Gasteiger partial charge in [0, 0.05) is 35.6 Å². The molecular formula is C22H24N4OS. The molecule has 2 heterocycles. The van der Waals surface area contributed by atoms with Crippen molar-refractivity contribution < 1.29 is 4.79 Å². The third kappa shape index (κ3) is 4.07. The van der Waals surface area contributed by atoms with Crippen LogP contribution in [0.4, 0.5) is 16.5 Å². The van der Waals surface area contributed by atoms with Gasteiger partial charge in [-0.15, -0.1) is 11.3 Å². The predicted molar refractivity (Wildman–Crippen MR) is 114 cm³/mol. The molecule has 0 saturated heterocycles. The van der Waals surface area contributed by atoms with Crippen LogP contribution < -0.4 is 10.2 Å². The van der Waals surface area contributed by atoms with E-state index in [1.807, 2.05) is 35.7 Å². The van der Waals surface area contributed by atoms with Crippen molar-refractivity contribution in [3.05, 3.63) is 65.4 Å². The van der Waals surface area contributed by atoms with Gasteiger partial charge in [-0.1, -0.05) is 25.3 Å². The van der Waals surface area contributed by atoms with Gasteiger partial charge in [-0.2, -0.15) is 0 Å². The molecule has 1 saturated carbocycles. The van der Waals surface area contributed by atoms with Crippen LogP contribution in [0.5, 0.6) is 0 Å². The van der Waals surface area contributed by atoms with Gasteiger partial charge in [-0.3, -0.25) is 14.7 Å². The zero-order valence-electron chi connectivity index (χ0n) is 16.0. The summed E-state index contributed by atoms with van der Waals surface area (Å²) >= 11 is 1.57. The van der Waals surface area contributed by atoms with Crippen LogP contribution in [0.2, 0.25) is 0 Å². The summed E-state index contributed by atoms with van der Waals surface area (Å²) in [6, 6.07) is 10.1. The van der Waals surface area contributed by atoms with Gasteiger partial charge < -0.3 is 5.32 Å². The Morgan fingerprint density at radius 1 is 1.11 bits per heavy atom. The normalized spacial score (nSPS) is 14.6. The SMILES string of the molecule is Cc1ccc(C(=O)NC2CCCCC2)cc1N(c1ccncc1)c1nccs1. The van der Waals surface area contributed by atoms with E-state index in [9.17, 15) is 4.79 Å². The highest BCUT2D eigenvalue weighted by molar-refractivity contribution is 7.13. The summed E-state index contributed by atoms with van der Waals surface area (Å²) in [6.45, 7) is 2.06. The molecule has 5 nitrogen and oxygen atoms in total. The molecule has 28 heavy (non-hydrogen) atoms. The topological polar surface area (TPSA) is 58.1 Å². The van der Waals surface area contributed by atoms with Crippen molar-refractivity contribution in [2.45, 2.75) is 45.1 Å². The molecule has 0 bridgehead atoms. The van der Waals surface area contributed by atoms with Crippen LogP contribution in [0.3, 0.4) is 0 Å². The van der Waals surface area contributed by atoms with Crippen LogP contribution in [-0.2, 0) is 0 Å². The maximum atomic E-state index is 12.9. The molecule has 2 aromatic heterocycles. The number of hydrogen-bond acceptors (Lipinski definition) is 5. The van der Waals surface area contributed by atoms with Crippen LogP contribution in [0.25, 0.3) is 0 Å². The maximum absolute atomic E-state index is 12.9. The Labute approximate surface area is 169 Å². The van der Waals surface area contributed by atoms with E-state index in [2.05, 4.69) is 27.1 Å². The first-order valence-electron chi connectivity index (χ1n) is 9.73. The molecule has 0 radical (unpaired) electrons. The van der Waals surface area contributed by atoms with Crippen LogP contribution in [0.1, 0.15) is 48.0 Å². The average Bonchev–Trinajstić information content (AvgIpc) is 3.25. The minimum absolute atomic E-state index is 0.00182. The van der Waals surface area contributed by atoms with Gasteiger partial charge in [-0.25, -0.2) is 4.98 Å². The van der Waals surface area contributed by atoms with Gasteiger partial charge in [0.15, 0.2) is 5.13 Å². The first-order chi connectivity index (χ1) is 13.7. The first kappa shape index (κ1) is 18.6. The maximum Gasteiger partial charge on any atom is 0.251 e. The molecule has 0 atom stereocenters. The van der Waals surface area contributed by atoms with Crippen molar-refractivity contribution in [3.63, 3.8) is 0 Å². The molecule has 1 fully saturated rings. The molecule has 1 amide bonds. The van der Waals surface area contributed by atoms with Gasteiger partial charge in [0.1, 0.15) is 0 Å². The zero-order valence-corrected chi connectivity index (χ0v) is 16.8. The van der Waals surface area contributed by atoms with E-state index >= 15 is 0 Å². The van der Waals surface area contributed by atoms with Crippen molar-refractivity contribution in [1.29, 1.82) is 0 Å². The number of aryl methyl sites for hydroxylation is 1. The van der Waals surface area contributed by atoms with Gasteiger partial charge in [0.05, 0.1) is 11.4 Å². The largest absolute Gasteiger partial charge is 0.349 e. The Balaban J connectivity index is 1.67. The molecule has 1 aliphatic carbocycles. The van der Waals surface area contributed by atoms with Gasteiger partial charge in [0.2, 0.25) is 0 Å². The van der Waals surface area contributed by atoms with Crippen molar-refractivity contribution in [2.75, 3.05) is 4.90 Å². The average molecular weight is 393 g/mol. The van der Waals surface area contributed by atoms with Gasteiger partial charge in [-0.05, 0) is 49.6 Å². The molecular weight excluding hydrogens is 368 g/mol. The molecule has 0 unspecified atom stereocenters. The fraction of sp³-hybridized carbons (Fsp3) is 0.318. The second kappa shape index (κ2) is 8.52. The highest BCUT2D eigenvalue weighted by Gasteiger charge is 2.20. The number of thiazole rings is 1. The zero-order chi connectivity index (χ0) is 19.3. The second-order valence-corrected chi connectivity index (χ2v) is 8.04. The number of nitrogens with one attached hydrogen (secondary N) is 1. The van der Waals surface area contributed by atoms with E-state index in [1.165, 1.54) is 19.3 Å². The Kier molecular flexibility index (Phi) is 5.67. The van der Waals surface area contributed by atoms with Gasteiger partial charge >= 0.3 is 0 Å². The quantitative estimate of drug-likeness (QED) is 0.633. The molecule has 4 rings (SSSR count). The molecule has 3 aromatic rings. The number of anilines is 3. The lowest BCUT2D eigenvalue weighted by Gasteiger charge is -2.25. The Hall–Kier alpha value is -2.73. The molecule has 0 aliphatic heterocycles. The van der Waals surface area contributed by atoms with E-state index in [-0.39, 0.29) is 5.91 Å². The van der Waals surface area contributed by atoms with E-state index in [0.29, 0.717) is 11.6 Å². The van der Waals surface area contributed by atoms with Crippen LogP contribution in [0.15, 0.2) is 54.3 Å². The van der Waals surface area contributed by atoms with Crippen LogP contribution in [-0.4, -0.2) is 21.9 Å². The summed E-state index contributed by atoms with van der Waals surface area (Å²) in [5, 5.41) is 6.03. The minimum atomic E-state index is 0.00182. The van der Waals surface area contributed by atoms with Crippen molar-refractivity contribution in [3.8, 4) is 0 Å². The molecule has 0 spiro atoms. The number of carbonyl (C=O) groups is 1. The monoisotopic (exact) mass is 392 g/mol.